The highest BCUT2D eigenvalue weighted by atomic mass is 16.5. The van der Waals surface area contributed by atoms with E-state index in [-0.39, 0.29) is 5.97 Å². The Labute approximate surface area is 91.4 Å². The van der Waals surface area contributed by atoms with Gasteiger partial charge in [-0.2, -0.15) is 0 Å². The van der Waals surface area contributed by atoms with Gasteiger partial charge >= 0.3 is 5.97 Å². The molecule has 1 atom stereocenters. The zero-order chi connectivity index (χ0) is 11.9. The standard InChI is InChI=1S/C10H22N2O3/c1-10(14,8-12(2)3)7-11-6-5-9(13)15-4/h11,14H,5-8H2,1-4H3. The summed E-state index contributed by atoms with van der Waals surface area (Å²) in [7, 11) is 5.18. The molecule has 2 N–H and O–H groups in total. The maximum Gasteiger partial charge on any atom is 0.306 e. The second-order valence-electron chi connectivity index (χ2n) is 4.24. The van der Waals surface area contributed by atoms with Gasteiger partial charge in [-0.25, -0.2) is 0 Å². The van der Waals surface area contributed by atoms with Crippen molar-refractivity contribution in [3.05, 3.63) is 0 Å². The molecule has 90 valence electrons. The molecule has 1 unspecified atom stereocenters. The normalized spacial score (nSPS) is 15.1. The number of ether oxygens (including phenoxy) is 1. The maximum atomic E-state index is 10.8. The number of carbonyl (C=O) groups is 1. The maximum absolute atomic E-state index is 10.8. The predicted molar refractivity (Wildman–Crippen MR) is 58.7 cm³/mol. The molecule has 0 aromatic heterocycles. The zero-order valence-electron chi connectivity index (χ0n) is 10.0. The molecule has 0 bridgehead atoms. The zero-order valence-corrected chi connectivity index (χ0v) is 10.0. The minimum Gasteiger partial charge on any atom is -0.469 e. The van der Waals surface area contributed by atoms with Gasteiger partial charge in [0.15, 0.2) is 0 Å². The molecule has 0 rings (SSSR count). The first-order valence-electron chi connectivity index (χ1n) is 5.02. The van der Waals surface area contributed by atoms with Crippen molar-refractivity contribution < 1.29 is 14.6 Å². The number of carbonyl (C=O) groups excluding carboxylic acids is 1. The van der Waals surface area contributed by atoms with Crippen LogP contribution in [0, 0.1) is 0 Å². The van der Waals surface area contributed by atoms with E-state index in [2.05, 4.69) is 10.1 Å². The number of likely N-dealkylation sites (N-methyl/N-ethyl adjacent to an activating group) is 1. The molecule has 15 heavy (non-hydrogen) atoms. The Morgan fingerprint density at radius 2 is 2.13 bits per heavy atom. The second kappa shape index (κ2) is 6.76. The quantitative estimate of drug-likeness (QED) is 0.443. The summed E-state index contributed by atoms with van der Waals surface area (Å²) in [5.74, 6) is -0.241. The van der Waals surface area contributed by atoms with Crippen LogP contribution in [0.5, 0.6) is 0 Å². The van der Waals surface area contributed by atoms with Crippen LogP contribution in [0.2, 0.25) is 0 Å². The second-order valence-corrected chi connectivity index (χ2v) is 4.24. The number of rotatable bonds is 7. The first kappa shape index (κ1) is 14.3. The van der Waals surface area contributed by atoms with Gasteiger partial charge in [0.25, 0.3) is 0 Å². The molecule has 0 aliphatic rings. The number of hydrogen-bond donors (Lipinski definition) is 2. The van der Waals surface area contributed by atoms with Crippen molar-refractivity contribution in [2.45, 2.75) is 18.9 Å². The van der Waals surface area contributed by atoms with Gasteiger partial charge in [-0.15, -0.1) is 0 Å². The molecular formula is C10H22N2O3. The van der Waals surface area contributed by atoms with Crippen LogP contribution in [0.15, 0.2) is 0 Å². The van der Waals surface area contributed by atoms with E-state index in [1.54, 1.807) is 6.92 Å². The Kier molecular flexibility index (Phi) is 6.47. The average molecular weight is 218 g/mol. The average Bonchev–Trinajstić information content (AvgIpc) is 2.10. The molecule has 5 heteroatoms. The molecule has 0 aromatic rings. The fourth-order valence-corrected chi connectivity index (χ4v) is 1.39. The number of aliphatic hydroxyl groups is 1. The molecule has 0 amide bonds. The molecule has 0 aliphatic heterocycles. The molecule has 0 saturated carbocycles. The Morgan fingerprint density at radius 1 is 1.53 bits per heavy atom. The highest BCUT2D eigenvalue weighted by Gasteiger charge is 2.20. The van der Waals surface area contributed by atoms with Gasteiger partial charge in [0.05, 0.1) is 19.1 Å². The van der Waals surface area contributed by atoms with E-state index in [1.165, 1.54) is 7.11 Å². The molecule has 5 nitrogen and oxygen atoms in total. The van der Waals surface area contributed by atoms with Gasteiger partial charge in [0.1, 0.15) is 0 Å². The Morgan fingerprint density at radius 3 is 2.60 bits per heavy atom. The summed E-state index contributed by atoms with van der Waals surface area (Å²) in [6, 6.07) is 0. The topological polar surface area (TPSA) is 61.8 Å². The van der Waals surface area contributed by atoms with Crippen molar-refractivity contribution in [1.29, 1.82) is 0 Å². The lowest BCUT2D eigenvalue weighted by atomic mass is 10.1. The van der Waals surface area contributed by atoms with E-state index >= 15 is 0 Å². The number of nitrogens with one attached hydrogen (secondary N) is 1. The smallest absolute Gasteiger partial charge is 0.306 e. The van der Waals surface area contributed by atoms with E-state index < -0.39 is 5.60 Å². The van der Waals surface area contributed by atoms with Crippen LogP contribution < -0.4 is 5.32 Å². The summed E-state index contributed by atoms with van der Waals surface area (Å²) in [6.07, 6.45) is 0.328. The summed E-state index contributed by atoms with van der Waals surface area (Å²) in [5, 5.41) is 12.9. The van der Waals surface area contributed by atoms with Crippen molar-refractivity contribution in [2.24, 2.45) is 0 Å². The van der Waals surface area contributed by atoms with E-state index in [4.69, 9.17) is 0 Å². The molecule has 0 heterocycles. The lowest BCUT2D eigenvalue weighted by Crippen LogP contribution is -2.45. The number of methoxy groups -OCH3 is 1. The Balaban J connectivity index is 3.61. The van der Waals surface area contributed by atoms with E-state index in [1.807, 2.05) is 19.0 Å². The van der Waals surface area contributed by atoms with Gasteiger partial charge in [-0.05, 0) is 21.0 Å². The van der Waals surface area contributed by atoms with E-state index in [0.29, 0.717) is 26.1 Å². The van der Waals surface area contributed by atoms with Gasteiger partial charge < -0.3 is 20.1 Å². The fourth-order valence-electron chi connectivity index (χ4n) is 1.39. The lowest BCUT2D eigenvalue weighted by Gasteiger charge is -2.27. The highest BCUT2D eigenvalue weighted by molar-refractivity contribution is 5.69. The largest absolute Gasteiger partial charge is 0.469 e. The van der Waals surface area contributed by atoms with Crippen LogP contribution >= 0.6 is 0 Å². The van der Waals surface area contributed by atoms with Crippen LogP contribution in [0.25, 0.3) is 0 Å². The molecule has 0 aliphatic carbocycles. The van der Waals surface area contributed by atoms with Gasteiger partial charge in [0.2, 0.25) is 0 Å². The summed E-state index contributed by atoms with van der Waals surface area (Å²) in [5.41, 5.74) is -0.778. The fraction of sp³-hybridized carbons (Fsp3) is 0.900. The first-order chi connectivity index (χ1) is 6.87. The number of esters is 1. The third kappa shape index (κ3) is 8.35. The number of nitrogens with zero attached hydrogens (tertiary/aromatic N) is 1. The summed E-state index contributed by atoms with van der Waals surface area (Å²) < 4.78 is 4.50. The van der Waals surface area contributed by atoms with Crippen LogP contribution in [0.3, 0.4) is 0 Å². The van der Waals surface area contributed by atoms with Crippen LogP contribution in [0.4, 0.5) is 0 Å². The van der Waals surface area contributed by atoms with Gasteiger partial charge in [0, 0.05) is 19.6 Å². The van der Waals surface area contributed by atoms with Crippen molar-refractivity contribution in [2.75, 3.05) is 40.8 Å². The summed E-state index contributed by atoms with van der Waals surface area (Å²) in [6.45, 7) is 3.33. The van der Waals surface area contributed by atoms with Crippen molar-refractivity contribution in [3.8, 4) is 0 Å². The van der Waals surface area contributed by atoms with Crippen LogP contribution in [-0.4, -0.2) is 62.4 Å². The summed E-state index contributed by atoms with van der Waals surface area (Å²) in [4.78, 5) is 12.7. The minimum absolute atomic E-state index is 0.241. The van der Waals surface area contributed by atoms with E-state index in [9.17, 15) is 9.90 Å². The monoisotopic (exact) mass is 218 g/mol. The third-order valence-electron chi connectivity index (χ3n) is 1.90. The summed E-state index contributed by atoms with van der Waals surface area (Å²) >= 11 is 0. The SMILES string of the molecule is COC(=O)CCNCC(C)(O)CN(C)C. The molecule has 0 aromatic carbocycles. The molecule has 0 saturated heterocycles. The number of hydrogen-bond acceptors (Lipinski definition) is 5. The Hall–Kier alpha value is -0.650. The molecule has 0 fully saturated rings. The Bertz CT molecular complexity index is 193. The van der Waals surface area contributed by atoms with Gasteiger partial charge in [-0.1, -0.05) is 0 Å². The van der Waals surface area contributed by atoms with Crippen LogP contribution in [0.1, 0.15) is 13.3 Å². The van der Waals surface area contributed by atoms with Crippen molar-refractivity contribution in [1.82, 2.24) is 10.2 Å². The molecule has 0 spiro atoms. The van der Waals surface area contributed by atoms with Gasteiger partial charge in [-0.3, -0.25) is 4.79 Å². The molecular weight excluding hydrogens is 196 g/mol. The van der Waals surface area contributed by atoms with E-state index in [0.717, 1.165) is 0 Å². The third-order valence-corrected chi connectivity index (χ3v) is 1.90. The lowest BCUT2D eigenvalue weighted by molar-refractivity contribution is -0.140. The minimum atomic E-state index is -0.778. The van der Waals surface area contributed by atoms with Crippen molar-refractivity contribution in [3.63, 3.8) is 0 Å². The molecule has 0 radical (unpaired) electrons. The van der Waals surface area contributed by atoms with Crippen molar-refractivity contribution >= 4 is 5.97 Å². The van der Waals surface area contributed by atoms with Crippen LogP contribution in [-0.2, 0) is 9.53 Å². The predicted octanol–water partition coefficient (Wildman–Crippen LogP) is -0.548. The first-order valence-corrected chi connectivity index (χ1v) is 5.02. The highest BCUT2D eigenvalue weighted by Crippen LogP contribution is 2.02.